The average Bonchev–Trinajstić information content (AvgIpc) is 2.74. The van der Waals surface area contributed by atoms with Crippen molar-refractivity contribution in [3.05, 3.63) is 53.6 Å². The molecule has 0 spiro atoms. The Morgan fingerprint density at radius 3 is 2.61 bits per heavy atom. The molecule has 2 N–H and O–H groups in total. The van der Waals surface area contributed by atoms with Gasteiger partial charge in [0, 0.05) is 18.0 Å². The summed E-state index contributed by atoms with van der Waals surface area (Å²) in [5.74, 6) is -0.273. The van der Waals surface area contributed by atoms with Crippen molar-refractivity contribution in [1.29, 1.82) is 0 Å². The maximum Gasteiger partial charge on any atom is 0.160 e. The van der Waals surface area contributed by atoms with E-state index in [1.807, 2.05) is 6.20 Å². The number of aromatic nitrogens is 2. The number of hydrogen-bond acceptors (Lipinski definition) is 2. The third kappa shape index (κ3) is 1.80. The molecule has 0 atom stereocenters. The van der Waals surface area contributed by atoms with Crippen molar-refractivity contribution in [2.24, 2.45) is 0 Å². The highest BCUT2D eigenvalue weighted by atomic mass is 35.5. The summed E-state index contributed by atoms with van der Waals surface area (Å²) >= 11 is 5.92. The Balaban J connectivity index is 2.19. The van der Waals surface area contributed by atoms with Crippen molar-refractivity contribution in [2.45, 2.75) is 0 Å². The van der Waals surface area contributed by atoms with Gasteiger partial charge >= 0.3 is 0 Å². The Hall–Kier alpha value is -2.07. The Morgan fingerprint density at radius 1 is 1.17 bits per heavy atom. The second-order valence-corrected chi connectivity index (χ2v) is 4.41. The second kappa shape index (κ2) is 3.99. The molecule has 0 aliphatic carbocycles. The molecule has 3 nitrogen and oxygen atoms in total. The van der Waals surface area contributed by atoms with Crippen molar-refractivity contribution in [2.75, 3.05) is 5.73 Å². The van der Waals surface area contributed by atoms with E-state index >= 15 is 0 Å². The fourth-order valence-electron chi connectivity index (χ4n) is 1.85. The second-order valence-electron chi connectivity index (χ2n) is 3.98. The number of pyridine rings is 1. The van der Waals surface area contributed by atoms with Crippen LogP contribution in [-0.4, -0.2) is 9.38 Å². The highest BCUT2D eigenvalue weighted by Gasteiger charge is 2.07. The zero-order valence-electron chi connectivity index (χ0n) is 9.27. The summed E-state index contributed by atoms with van der Waals surface area (Å²) in [6, 6.07) is 7.80. The number of anilines is 1. The third-order valence-corrected chi connectivity index (χ3v) is 2.89. The SMILES string of the molecule is Nc1cc(Cl)cn2cc(-c3ccc(F)cc3)nc12. The molecule has 90 valence electrons. The van der Waals surface area contributed by atoms with Crippen LogP contribution < -0.4 is 5.73 Å². The van der Waals surface area contributed by atoms with Crippen LogP contribution in [0, 0.1) is 5.82 Å². The van der Waals surface area contributed by atoms with E-state index in [9.17, 15) is 4.39 Å². The summed E-state index contributed by atoms with van der Waals surface area (Å²) in [6.45, 7) is 0. The van der Waals surface area contributed by atoms with E-state index in [1.165, 1.54) is 12.1 Å². The van der Waals surface area contributed by atoms with E-state index in [0.29, 0.717) is 16.4 Å². The van der Waals surface area contributed by atoms with Crippen LogP contribution in [0.2, 0.25) is 5.02 Å². The first-order valence-electron chi connectivity index (χ1n) is 5.33. The summed E-state index contributed by atoms with van der Waals surface area (Å²) in [4.78, 5) is 4.41. The molecule has 0 aliphatic heterocycles. The van der Waals surface area contributed by atoms with Gasteiger partial charge in [0.15, 0.2) is 5.65 Å². The topological polar surface area (TPSA) is 43.3 Å². The number of hydrogen-bond donors (Lipinski definition) is 1. The smallest absolute Gasteiger partial charge is 0.160 e. The van der Waals surface area contributed by atoms with Crippen LogP contribution in [0.25, 0.3) is 16.9 Å². The first-order valence-corrected chi connectivity index (χ1v) is 5.71. The molecular formula is C13H9ClFN3. The summed E-state index contributed by atoms with van der Waals surface area (Å²) in [7, 11) is 0. The fraction of sp³-hybridized carbons (Fsp3) is 0. The number of rotatable bonds is 1. The number of nitrogens with two attached hydrogens (primary N) is 1. The quantitative estimate of drug-likeness (QED) is 0.730. The van der Waals surface area contributed by atoms with Gasteiger partial charge in [-0.05, 0) is 30.3 Å². The predicted octanol–water partition coefficient (Wildman–Crippen LogP) is 3.38. The lowest BCUT2D eigenvalue weighted by molar-refractivity contribution is 0.628. The van der Waals surface area contributed by atoms with Gasteiger partial charge in [-0.15, -0.1) is 0 Å². The molecule has 2 aromatic heterocycles. The summed E-state index contributed by atoms with van der Waals surface area (Å²) in [6.07, 6.45) is 3.54. The largest absolute Gasteiger partial charge is 0.396 e. The standard InChI is InChI=1S/C13H9ClFN3/c14-9-5-11(16)13-17-12(7-18(13)6-9)8-1-3-10(15)4-2-8/h1-7H,16H2. The Morgan fingerprint density at radius 2 is 1.89 bits per heavy atom. The van der Waals surface area contributed by atoms with Gasteiger partial charge in [0.25, 0.3) is 0 Å². The van der Waals surface area contributed by atoms with Gasteiger partial charge in [0.1, 0.15) is 5.82 Å². The minimum Gasteiger partial charge on any atom is -0.396 e. The van der Waals surface area contributed by atoms with Gasteiger partial charge < -0.3 is 10.1 Å². The van der Waals surface area contributed by atoms with Crippen LogP contribution in [0.4, 0.5) is 10.1 Å². The van der Waals surface area contributed by atoms with E-state index in [-0.39, 0.29) is 5.82 Å². The van der Waals surface area contributed by atoms with E-state index in [1.54, 1.807) is 28.8 Å². The molecule has 0 unspecified atom stereocenters. The van der Waals surface area contributed by atoms with E-state index in [2.05, 4.69) is 4.98 Å². The number of nitrogen functional groups attached to an aromatic ring is 1. The lowest BCUT2D eigenvalue weighted by Gasteiger charge is -1.97. The van der Waals surface area contributed by atoms with Crippen molar-refractivity contribution >= 4 is 22.9 Å². The number of fused-ring (bicyclic) bond motifs is 1. The molecule has 3 aromatic rings. The minimum atomic E-state index is -0.273. The Kier molecular flexibility index (Phi) is 2.45. The molecule has 0 fully saturated rings. The molecule has 0 saturated carbocycles. The maximum atomic E-state index is 12.9. The number of imidazole rings is 1. The number of nitrogens with zero attached hydrogens (tertiary/aromatic N) is 2. The molecule has 18 heavy (non-hydrogen) atoms. The summed E-state index contributed by atoms with van der Waals surface area (Å²) < 4.78 is 14.6. The summed E-state index contributed by atoms with van der Waals surface area (Å²) in [5.41, 5.74) is 8.55. The number of halogens is 2. The zero-order valence-corrected chi connectivity index (χ0v) is 10.0. The zero-order chi connectivity index (χ0) is 12.7. The third-order valence-electron chi connectivity index (χ3n) is 2.69. The molecule has 0 saturated heterocycles. The molecule has 0 amide bonds. The van der Waals surface area contributed by atoms with Crippen molar-refractivity contribution in [3.63, 3.8) is 0 Å². The van der Waals surface area contributed by atoms with Crippen LogP contribution in [0.3, 0.4) is 0 Å². The van der Waals surface area contributed by atoms with Gasteiger partial charge in [-0.1, -0.05) is 11.6 Å². The minimum absolute atomic E-state index is 0.273. The van der Waals surface area contributed by atoms with Crippen molar-refractivity contribution < 1.29 is 4.39 Å². The van der Waals surface area contributed by atoms with Gasteiger partial charge in [-0.3, -0.25) is 0 Å². The normalized spacial score (nSPS) is 11.0. The molecule has 0 aliphatic rings. The van der Waals surface area contributed by atoms with Gasteiger partial charge in [-0.25, -0.2) is 9.37 Å². The Bertz CT molecular complexity index is 719. The highest BCUT2D eigenvalue weighted by Crippen LogP contribution is 2.24. The monoisotopic (exact) mass is 261 g/mol. The van der Waals surface area contributed by atoms with Gasteiger partial charge in [0.2, 0.25) is 0 Å². The molecule has 2 heterocycles. The first kappa shape index (κ1) is 11.0. The van der Waals surface area contributed by atoms with E-state index in [0.717, 1.165) is 11.3 Å². The van der Waals surface area contributed by atoms with Crippen LogP contribution in [0.15, 0.2) is 42.7 Å². The molecule has 3 rings (SSSR count). The molecule has 1 aromatic carbocycles. The molecular weight excluding hydrogens is 253 g/mol. The number of benzene rings is 1. The molecule has 0 radical (unpaired) electrons. The van der Waals surface area contributed by atoms with Gasteiger partial charge in [0.05, 0.1) is 16.4 Å². The molecule has 5 heteroatoms. The van der Waals surface area contributed by atoms with Crippen LogP contribution in [0.1, 0.15) is 0 Å². The maximum absolute atomic E-state index is 12.9. The highest BCUT2D eigenvalue weighted by molar-refractivity contribution is 6.30. The van der Waals surface area contributed by atoms with E-state index in [4.69, 9.17) is 17.3 Å². The first-order chi connectivity index (χ1) is 8.63. The van der Waals surface area contributed by atoms with Gasteiger partial charge in [-0.2, -0.15) is 0 Å². The lowest BCUT2D eigenvalue weighted by atomic mass is 10.2. The van der Waals surface area contributed by atoms with Crippen molar-refractivity contribution in [1.82, 2.24) is 9.38 Å². The molecule has 0 bridgehead atoms. The average molecular weight is 262 g/mol. The van der Waals surface area contributed by atoms with Crippen LogP contribution >= 0.6 is 11.6 Å². The Labute approximate surface area is 108 Å². The van der Waals surface area contributed by atoms with Crippen molar-refractivity contribution in [3.8, 4) is 11.3 Å². The van der Waals surface area contributed by atoms with Crippen LogP contribution in [-0.2, 0) is 0 Å². The fourth-order valence-corrected chi connectivity index (χ4v) is 2.07. The predicted molar refractivity (Wildman–Crippen MR) is 70.0 cm³/mol. The summed E-state index contributed by atoms with van der Waals surface area (Å²) in [5, 5.41) is 0.544. The van der Waals surface area contributed by atoms with E-state index < -0.39 is 0 Å². The van der Waals surface area contributed by atoms with Crippen LogP contribution in [0.5, 0.6) is 0 Å². The lowest BCUT2D eigenvalue weighted by Crippen LogP contribution is -1.91.